The second-order valence-corrected chi connectivity index (χ2v) is 8.44. The number of nitrogens with one attached hydrogen (secondary N) is 2. The molecule has 27 heavy (non-hydrogen) atoms. The summed E-state index contributed by atoms with van der Waals surface area (Å²) in [7, 11) is -3.79. The largest absolute Gasteiger partial charge is 0.454 e. The number of hydrogen-bond acceptors (Lipinski definition) is 7. The van der Waals surface area contributed by atoms with Gasteiger partial charge in [-0.05, 0) is 37.1 Å². The summed E-state index contributed by atoms with van der Waals surface area (Å²) in [4.78, 5) is 0.0780. The third-order valence-corrected chi connectivity index (χ3v) is 6.12. The fraction of sp³-hybridized carbons (Fsp3) is 0.444. The Morgan fingerprint density at radius 3 is 2.33 bits per heavy atom. The molecule has 0 bridgehead atoms. The highest BCUT2D eigenvalue weighted by molar-refractivity contribution is 7.92. The minimum atomic E-state index is -3.79. The Hall–Kier alpha value is -2.55. The van der Waals surface area contributed by atoms with E-state index in [9.17, 15) is 8.42 Å². The second-order valence-electron chi connectivity index (χ2n) is 6.76. The molecular formula is C18H22N4O4S. The van der Waals surface area contributed by atoms with E-state index in [2.05, 4.69) is 20.2 Å². The molecule has 2 heterocycles. The molecule has 2 N–H and O–H groups in total. The molecule has 1 aromatic carbocycles. The van der Waals surface area contributed by atoms with Gasteiger partial charge in [0.05, 0.1) is 4.90 Å². The summed E-state index contributed by atoms with van der Waals surface area (Å²) in [5.74, 6) is 1.77. The number of nitrogens with zero attached hydrogens (tertiary/aromatic N) is 2. The molecule has 2 aliphatic rings. The van der Waals surface area contributed by atoms with Gasteiger partial charge in [0.2, 0.25) is 6.79 Å². The van der Waals surface area contributed by atoms with Crippen LogP contribution in [0.3, 0.4) is 0 Å². The van der Waals surface area contributed by atoms with Crippen LogP contribution in [0.4, 0.5) is 11.6 Å². The average molecular weight is 390 g/mol. The summed E-state index contributed by atoms with van der Waals surface area (Å²) in [5, 5.41) is 11.5. The van der Waals surface area contributed by atoms with Crippen molar-refractivity contribution in [2.75, 3.05) is 16.8 Å². The van der Waals surface area contributed by atoms with Gasteiger partial charge in [0.25, 0.3) is 10.0 Å². The van der Waals surface area contributed by atoms with Crippen LogP contribution in [0.1, 0.15) is 38.5 Å². The van der Waals surface area contributed by atoms with Crippen molar-refractivity contribution in [2.24, 2.45) is 0 Å². The molecule has 8 nitrogen and oxygen atoms in total. The molecule has 1 saturated carbocycles. The van der Waals surface area contributed by atoms with E-state index < -0.39 is 10.0 Å². The van der Waals surface area contributed by atoms with Crippen molar-refractivity contribution in [3.05, 3.63) is 30.3 Å². The van der Waals surface area contributed by atoms with Gasteiger partial charge in [0.15, 0.2) is 17.3 Å². The van der Waals surface area contributed by atoms with Gasteiger partial charge >= 0.3 is 0 Å². The number of aromatic nitrogens is 2. The molecule has 0 unspecified atom stereocenters. The summed E-state index contributed by atoms with van der Waals surface area (Å²) in [6.07, 6.45) is 7.26. The zero-order valence-electron chi connectivity index (χ0n) is 14.8. The molecule has 0 saturated heterocycles. The molecule has 0 spiro atoms. The second kappa shape index (κ2) is 7.59. The molecule has 1 fully saturated rings. The predicted octanol–water partition coefficient (Wildman–Crippen LogP) is 3.14. The van der Waals surface area contributed by atoms with Crippen molar-refractivity contribution in [3.8, 4) is 11.5 Å². The molecule has 0 amide bonds. The predicted molar refractivity (Wildman–Crippen MR) is 101 cm³/mol. The zero-order valence-corrected chi connectivity index (χ0v) is 15.7. The lowest BCUT2D eigenvalue weighted by Gasteiger charge is -2.16. The van der Waals surface area contributed by atoms with E-state index in [-0.39, 0.29) is 17.5 Å². The number of fused-ring (bicyclic) bond motifs is 1. The van der Waals surface area contributed by atoms with Gasteiger partial charge in [-0.15, -0.1) is 10.2 Å². The summed E-state index contributed by atoms with van der Waals surface area (Å²) in [6.45, 7) is 0.0905. The number of hydrogen-bond donors (Lipinski definition) is 2. The van der Waals surface area contributed by atoms with Crippen LogP contribution in [0.5, 0.6) is 11.5 Å². The van der Waals surface area contributed by atoms with Gasteiger partial charge in [-0.1, -0.05) is 25.7 Å². The normalized spacial score (nSPS) is 17.3. The summed E-state index contributed by atoms with van der Waals surface area (Å²) >= 11 is 0. The van der Waals surface area contributed by atoms with E-state index in [0.29, 0.717) is 23.4 Å². The highest BCUT2D eigenvalue weighted by Gasteiger charge is 2.21. The van der Waals surface area contributed by atoms with Crippen LogP contribution in [0.2, 0.25) is 0 Å². The van der Waals surface area contributed by atoms with Gasteiger partial charge in [-0.25, -0.2) is 8.42 Å². The van der Waals surface area contributed by atoms with Crippen LogP contribution in [0, 0.1) is 0 Å². The fourth-order valence-electron chi connectivity index (χ4n) is 3.34. The standard InChI is InChI=1S/C18H22N4O4S/c23-27(24,14-7-8-15-16(11-14)26-12-25-15)22-18-10-9-17(20-21-18)19-13-5-3-1-2-4-6-13/h7-11,13H,1-6,12H2,(H,19,20)(H,21,22). The Morgan fingerprint density at radius 2 is 1.59 bits per heavy atom. The maximum absolute atomic E-state index is 12.6. The molecule has 0 radical (unpaired) electrons. The number of sulfonamides is 1. The van der Waals surface area contributed by atoms with Crippen molar-refractivity contribution in [2.45, 2.75) is 49.5 Å². The highest BCUT2D eigenvalue weighted by atomic mass is 32.2. The Morgan fingerprint density at radius 1 is 0.889 bits per heavy atom. The molecule has 1 aliphatic carbocycles. The van der Waals surface area contributed by atoms with Gasteiger partial charge in [0, 0.05) is 12.1 Å². The maximum Gasteiger partial charge on any atom is 0.263 e. The maximum atomic E-state index is 12.6. The number of anilines is 2. The highest BCUT2D eigenvalue weighted by Crippen LogP contribution is 2.34. The van der Waals surface area contributed by atoms with E-state index in [0.717, 1.165) is 12.8 Å². The Kier molecular flexibility index (Phi) is 5.02. The summed E-state index contributed by atoms with van der Waals surface area (Å²) < 4.78 is 38.0. The van der Waals surface area contributed by atoms with Crippen molar-refractivity contribution in [1.82, 2.24) is 10.2 Å². The molecule has 1 aromatic heterocycles. The van der Waals surface area contributed by atoms with Crippen LogP contribution in [0.25, 0.3) is 0 Å². The van der Waals surface area contributed by atoms with Crippen LogP contribution in [0.15, 0.2) is 35.2 Å². The average Bonchev–Trinajstić information content (AvgIpc) is 2.99. The minimum absolute atomic E-state index is 0.0780. The van der Waals surface area contributed by atoms with Gasteiger partial charge in [-0.2, -0.15) is 0 Å². The zero-order chi connectivity index (χ0) is 18.7. The van der Waals surface area contributed by atoms with Crippen molar-refractivity contribution >= 4 is 21.7 Å². The first-order valence-electron chi connectivity index (χ1n) is 9.13. The van der Waals surface area contributed by atoms with Crippen molar-refractivity contribution in [3.63, 3.8) is 0 Å². The quantitative estimate of drug-likeness (QED) is 0.756. The molecule has 1 aliphatic heterocycles. The van der Waals surface area contributed by atoms with E-state index in [1.165, 1.54) is 37.8 Å². The molecular weight excluding hydrogens is 368 g/mol. The lowest BCUT2D eigenvalue weighted by molar-refractivity contribution is 0.174. The smallest absolute Gasteiger partial charge is 0.263 e. The molecule has 0 atom stereocenters. The minimum Gasteiger partial charge on any atom is -0.454 e. The van der Waals surface area contributed by atoms with E-state index in [4.69, 9.17) is 9.47 Å². The molecule has 9 heteroatoms. The van der Waals surface area contributed by atoms with Crippen LogP contribution in [-0.2, 0) is 10.0 Å². The Balaban J connectivity index is 1.43. The number of benzene rings is 1. The monoisotopic (exact) mass is 390 g/mol. The fourth-order valence-corrected chi connectivity index (χ4v) is 4.35. The first-order valence-corrected chi connectivity index (χ1v) is 10.6. The SMILES string of the molecule is O=S(=O)(Nc1ccc(NC2CCCCCC2)nn1)c1ccc2c(c1)OCO2. The Bertz CT molecular complexity index is 894. The first-order chi connectivity index (χ1) is 13.1. The third-order valence-electron chi connectivity index (χ3n) is 4.76. The Labute approximate surface area is 158 Å². The molecule has 4 rings (SSSR count). The van der Waals surface area contributed by atoms with Crippen molar-refractivity contribution < 1.29 is 17.9 Å². The van der Waals surface area contributed by atoms with Crippen LogP contribution < -0.4 is 19.5 Å². The first kappa shape index (κ1) is 17.8. The summed E-state index contributed by atoms with van der Waals surface area (Å²) in [5.41, 5.74) is 0. The number of ether oxygens (including phenoxy) is 2. The van der Waals surface area contributed by atoms with E-state index in [1.54, 1.807) is 18.2 Å². The van der Waals surface area contributed by atoms with Crippen molar-refractivity contribution in [1.29, 1.82) is 0 Å². The van der Waals surface area contributed by atoms with Crippen LogP contribution in [-0.4, -0.2) is 31.4 Å². The number of rotatable bonds is 5. The topological polar surface area (TPSA) is 102 Å². The van der Waals surface area contributed by atoms with E-state index in [1.807, 2.05) is 0 Å². The van der Waals surface area contributed by atoms with Gasteiger partial charge in [-0.3, -0.25) is 4.72 Å². The third kappa shape index (κ3) is 4.24. The lowest BCUT2D eigenvalue weighted by atomic mass is 10.1. The van der Waals surface area contributed by atoms with Crippen LogP contribution >= 0.6 is 0 Å². The molecule has 144 valence electrons. The van der Waals surface area contributed by atoms with E-state index >= 15 is 0 Å². The summed E-state index contributed by atoms with van der Waals surface area (Å²) in [6, 6.07) is 8.22. The molecule has 2 aromatic rings. The van der Waals surface area contributed by atoms with Gasteiger partial charge in [0.1, 0.15) is 5.82 Å². The lowest BCUT2D eigenvalue weighted by Crippen LogP contribution is -2.19. The van der Waals surface area contributed by atoms with Gasteiger partial charge < -0.3 is 14.8 Å².